The SMILES string of the molecule is CC1(C)c2ccccc2-c2c(N(c3ccc(-c4ccccc4)cc3)c3ccc4c(c3)oc3cccc(C5(c6ccccc6)c6ccccc6-c6ccccc65)c34)cccc21. The standard InChI is InChI=1S/C58H41NO/c1-57(2)47-24-12-11-23-45(47)55-50(57)27-15-29-52(55)59(41-33-31-39(32-34-41)38-17-5-3-6-18-38)42-35-36-46-54(37-42)60-53-30-16-28-51(56(46)53)58(40-19-7-4-8-20-40)48-25-13-9-21-43(48)44-22-10-14-26-49(44)58/h3-37H,1-2H3. The Labute approximate surface area is 350 Å². The van der Waals surface area contributed by atoms with Crippen molar-refractivity contribution in [2.24, 2.45) is 0 Å². The number of furan rings is 1. The zero-order chi connectivity index (χ0) is 40.0. The molecule has 284 valence electrons. The predicted octanol–water partition coefficient (Wildman–Crippen LogP) is 15.4. The third kappa shape index (κ3) is 4.82. The maximum atomic E-state index is 7.00. The van der Waals surface area contributed by atoms with Gasteiger partial charge in [-0.1, -0.05) is 184 Å². The molecule has 0 bridgehead atoms. The van der Waals surface area contributed by atoms with Crippen molar-refractivity contribution in [1.29, 1.82) is 0 Å². The van der Waals surface area contributed by atoms with Gasteiger partial charge in [0.05, 0.1) is 11.1 Å². The quantitative estimate of drug-likeness (QED) is 0.168. The molecule has 0 unspecified atom stereocenters. The van der Waals surface area contributed by atoms with Gasteiger partial charge in [-0.25, -0.2) is 0 Å². The zero-order valence-corrected chi connectivity index (χ0v) is 33.6. The molecule has 2 nitrogen and oxygen atoms in total. The van der Waals surface area contributed by atoms with Gasteiger partial charge in [-0.2, -0.15) is 0 Å². The molecule has 0 saturated carbocycles. The molecule has 60 heavy (non-hydrogen) atoms. The maximum absolute atomic E-state index is 7.00. The van der Waals surface area contributed by atoms with Gasteiger partial charge in [0.2, 0.25) is 0 Å². The van der Waals surface area contributed by atoms with Crippen molar-refractivity contribution in [2.45, 2.75) is 24.7 Å². The summed E-state index contributed by atoms with van der Waals surface area (Å²) in [6.45, 7) is 4.70. The summed E-state index contributed by atoms with van der Waals surface area (Å²) in [5, 5.41) is 2.25. The van der Waals surface area contributed by atoms with E-state index in [9.17, 15) is 0 Å². The summed E-state index contributed by atoms with van der Waals surface area (Å²) in [5.74, 6) is 0. The molecule has 0 amide bonds. The number of fused-ring (bicyclic) bond motifs is 9. The Balaban J connectivity index is 1.10. The van der Waals surface area contributed by atoms with Crippen LogP contribution in [0.4, 0.5) is 17.1 Å². The lowest BCUT2D eigenvalue weighted by molar-refractivity contribution is 0.660. The van der Waals surface area contributed by atoms with Gasteiger partial charge in [0.1, 0.15) is 11.2 Å². The molecule has 0 aliphatic heterocycles. The summed E-state index contributed by atoms with van der Waals surface area (Å²) in [6, 6.07) is 77.7. The molecule has 9 aromatic carbocycles. The Bertz CT molecular complexity index is 3240. The fourth-order valence-corrected chi connectivity index (χ4v) is 10.7. The van der Waals surface area contributed by atoms with Crippen LogP contribution in [0.15, 0.2) is 217 Å². The molecule has 1 heterocycles. The van der Waals surface area contributed by atoms with Gasteiger partial charge in [0, 0.05) is 39.2 Å². The first kappa shape index (κ1) is 34.6. The maximum Gasteiger partial charge on any atom is 0.137 e. The number of hydrogen-bond acceptors (Lipinski definition) is 2. The van der Waals surface area contributed by atoms with Crippen LogP contribution >= 0.6 is 0 Å². The monoisotopic (exact) mass is 767 g/mol. The van der Waals surface area contributed by atoms with Gasteiger partial charge >= 0.3 is 0 Å². The van der Waals surface area contributed by atoms with Crippen LogP contribution in [0, 0.1) is 0 Å². The van der Waals surface area contributed by atoms with E-state index in [1.54, 1.807) is 0 Å². The summed E-state index contributed by atoms with van der Waals surface area (Å²) < 4.78 is 7.00. The Morgan fingerprint density at radius 1 is 0.400 bits per heavy atom. The van der Waals surface area contributed by atoms with Crippen LogP contribution in [-0.4, -0.2) is 0 Å². The summed E-state index contributed by atoms with van der Waals surface area (Å²) in [5.41, 5.74) is 19.6. The lowest BCUT2D eigenvalue weighted by atomic mass is 9.66. The van der Waals surface area contributed by atoms with Crippen molar-refractivity contribution in [3.8, 4) is 33.4 Å². The van der Waals surface area contributed by atoms with Crippen LogP contribution in [0.25, 0.3) is 55.3 Å². The average Bonchev–Trinajstić information content (AvgIpc) is 3.91. The first-order chi connectivity index (χ1) is 29.5. The molecule has 0 saturated heterocycles. The van der Waals surface area contributed by atoms with Crippen LogP contribution in [-0.2, 0) is 10.8 Å². The van der Waals surface area contributed by atoms with E-state index < -0.39 is 5.41 Å². The van der Waals surface area contributed by atoms with Crippen molar-refractivity contribution in [2.75, 3.05) is 4.90 Å². The Morgan fingerprint density at radius 2 is 0.950 bits per heavy atom. The van der Waals surface area contributed by atoms with E-state index in [4.69, 9.17) is 4.42 Å². The second-order valence-electron chi connectivity index (χ2n) is 16.8. The first-order valence-electron chi connectivity index (χ1n) is 20.9. The van der Waals surface area contributed by atoms with Crippen LogP contribution in [0.5, 0.6) is 0 Å². The number of benzene rings is 9. The Kier molecular flexibility index (Phi) is 7.52. The van der Waals surface area contributed by atoms with Crippen molar-refractivity contribution in [3.63, 3.8) is 0 Å². The fourth-order valence-electron chi connectivity index (χ4n) is 10.7. The van der Waals surface area contributed by atoms with Crippen LogP contribution in [0.1, 0.15) is 47.2 Å². The molecule has 1 aromatic heterocycles. The van der Waals surface area contributed by atoms with E-state index in [-0.39, 0.29) is 5.41 Å². The molecular weight excluding hydrogens is 727 g/mol. The number of nitrogens with zero attached hydrogens (tertiary/aromatic N) is 1. The predicted molar refractivity (Wildman–Crippen MR) is 249 cm³/mol. The highest BCUT2D eigenvalue weighted by Gasteiger charge is 2.47. The molecule has 0 radical (unpaired) electrons. The first-order valence-corrected chi connectivity index (χ1v) is 20.9. The minimum absolute atomic E-state index is 0.129. The van der Waals surface area contributed by atoms with Gasteiger partial charge in [0.25, 0.3) is 0 Å². The van der Waals surface area contributed by atoms with E-state index in [1.807, 2.05) is 0 Å². The van der Waals surface area contributed by atoms with Gasteiger partial charge in [-0.05, 0) is 97.6 Å². The highest BCUT2D eigenvalue weighted by molar-refractivity contribution is 6.10. The van der Waals surface area contributed by atoms with Crippen molar-refractivity contribution in [3.05, 3.63) is 246 Å². The minimum atomic E-state index is -0.541. The summed E-state index contributed by atoms with van der Waals surface area (Å²) in [7, 11) is 0. The molecule has 0 fully saturated rings. The smallest absolute Gasteiger partial charge is 0.137 e. The molecule has 0 atom stereocenters. The second kappa shape index (κ2) is 13.0. The topological polar surface area (TPSA) is 16.4 Å². The highest BCUT2D eigenvalue weighted by Crippen LogP contribution is 2.59. The fraction of sp³-hybridized carbons (Fsp3) is 0.0690. The van der Waals surface area contributed by atoms with E-state index in [2.05, 4.69) is 231 Å². The van der Waals surface area contributed by atoms with Gasteiger partial charge in [0.15, 0.2) is 0 Å². The molecular formula is C58H41NO. The van der Waals surface area contributed by atoms with Crippen molar-refractivity contribution < 1.29 is 4.42 Å². The Hall–Kier alpha value is -7.42. The number of rotatable bonds is 6. The number of anilines is 3. The molecule has 12 rings (SSSR count). The lowest BCUT2D eigenvalue weighted by Gasteiger charge is -2.34. The van der Waals surface area contributed by atoms with Crippen molar-refractivity contribution in [1.82, 2.24) is 0 Å². The normalized spacial score (nSPS) is 14.1. The highest BCUT2D eigenvalue weighted by atomic mass is 16.3. The molecule has 2 heteroatoms. The zero-order valence-electron chi connectivity index (χ0n) is 33.6. The lowest BCUT2D eigenvalue weighted by Crippen LogP contribution is -2.28. The summed E-state index contributed by atoms with van der Waals surface area (Å²) >= 11 is 0. The number of hydrogen-bond donors (Lipinski definition) is 0. The molecule has 2 aliphatic carbocycles. The molecule has 0 spiro atoms. The van der Waals surface area contributed by atoms with E-state index >= 15 is 0 Å². The summed E-state index contributed by atoms with van der Waals surface area (Å²) in [4.78, 5) is 2.42. The third-order valence-corrected chi connectivity index (χ3v) is 13.4. The van der Waals surface area contributed by atoms with Crippen molar-refractivity contribution >= 4 is 39.0 Å². The van der Waals surface area contributed by atoms with Gasteiger partial charge in [-0.15, -0.1) is 0 Å². The molecule has 10 aromatic rings. The molecule has 0 N–H and O–H groups in total. The van der Waals surface area contributed by atoms with Crippen LogP contribution in [0.3, 0.4) is 0 Å². The van der Waals surface area contributed by atoms with E-state index in [1.165, 1.54) is 66.8 Å². The largest absolute Gasteiger partial charge is 0.456 e. The summed E-state index contributed by atoms with van der Waals surface area (Å²) in [6.07, 6.45) is 0. The van der Waals surface area contributed by atoms with Crippen LogP contribution < -0.4 is 4.90 Å². The third-order valence-electron chi connectivity index (χ3n) is 13.4. The average molecular weight is 768 g/mol. The second-order valence-corrected chi connectivity index (χ2v) is 16.8. The van der Waals surface area contributed by atoms with E-state index in [0.29, 0.717) is 0 Å². The Morgan fingerprint density at radius 3 is 1.67 bits per heavy atom. The van der Waals surface area contributed by atoms with E-state index in [0.717, 1.165) is 39.0 Å². The minimum Gasteiger partial charge on any atom is -0.456 e. The van der Waals surface area contributed by atoms with Gasteiger partial charge in [-0.3, -0.25) is 0 Å². The van der Waals surface area contributed by atoms with Crippen LogP contribution in [0.2, 0.25) is 0 Å². The molecule has 2 aliphatic rings. The van der Waals surface area contributed by atoms with Gasteiger partial charge < -0.3 is 9.32 Å².